The van der Waals surface area contributed by atoms with E-state index in [9.17, 15) is 4.39 Å². The average Bonchev–Trinajstić information content (AvgIpc) is 3.27. The van der Waals surface area contributed by atoms with Crippen LogP contribution in [0, 0.1) is 12.7 Å². The summed E-state index contributed by atoms with van der Waals surface area (Å²) in [5, 5.41) is 0.369. The van der Waals surface area contributed by atoms with Crippen molar-refractivity contribution in [2.45, 2.75) is 64.3 Å². The van der Waals surface area contributed by atoms with Gasteiger partial charge in [-0.05, 0) is 76.5 Å². The molecule has 2 aliphatic rings. The molecule has 0 amide bonds. The normalized spacial score (nSPS) is 19.2. The van der Waals surface area contributed by atoms with Crippen LogP contribution in [-0.2, 0) is 17.9 Å². The number of likely N-dealkylation sites (tertiary alicyclic amines) is 1. The topological polar surface area (TPSA) is 65.3 Å². The summed E-state index contributed by atoms with van der Waals surface area (Å²) in [5.41, 5.74) is 4.35. The zero-order valence-corrected chi connectivity index (χ0v) is 23.1. The van der Waals surface area contributed by atoms with Crippen molar-refractivity contribution in [3.8, 4) is 5.88 Å². The maximum absolute atomic E-state index is 14.1. The van der Waals surface area contributed by atoms with Gasteiger partial charge in [0.1, 0.15) is 23.8 Å². The molecule has 1 aromatic carbocycles. The van der Waals surface area contributed by atoms with E-state index in [0.29, 0.717) is 22.4 Å². The maximum Gasteiger partial charge on any atom is 0.213 e. The molecule has 39 heavy (non-hydrogen) atoms. The summed E-state index contributed by atoms with van der Waals surface area (Å²) in [6.07, 6.45) is 3.30. The third-order valence-corrected chi connectivity index (χ3v) is 8.18. The van der Waals surface area contributed by atoms with Gasteiger partial charge in [-0.3, -0.25) is 4.90 Å². The van der Waals surface area contributed by atoms with Crippen LogP contribution >= 0.6 is 11.6 Å². The van der Waals surface area contributed by atoms with Crippen LogP contribution in [0.4, 0.5) is 4.39 Å². The molecule has 2 atom stereocenters. The molecule has 6 rings (SSSR count). The summed E-state index contributed by atoms with van der Waals surface area (Å²) in [6, 6.07) is 14.7. The van der Waals surface area contributed by atoms with Gasteiger partial charge in [-0.1, -0.05) is 23.7 Å². The molecular formula is C30H33ClFN5O2. The SMILES string of the molecule is Cc1ccc2nc(C(C)N3CCC(c4cccc(OCc5ccc(Cl)cc5F)n4)CC3)n(CC3CCO3)c2n1. The molecule has 0 radical (unpaired) electrons. The van der Waals surface area contributed by atoms with Gasteiger partial charge in [-0.15, -0.1) is 0 Å². The highest BCUT2D eigenvalue weighted by Crippen LogP contribution is 2.33. The number of fused-ring (bicyclic) bond motifs is 1. The predicted molar refractivity (Wildman–Crippen MR) is 149 cm³/mol. The van der Waals surface area contributed by atoms with Crippen molar-refractivity contribution in [1.29, 1.82) is 0 Å². The summed E-state index contributed by atoms with van der Waals surface area (Å²) >= 11 is 5.86. The zero-order chi connectivity index (χ0) is 26.9. The van der Waals surface area contributed by atoms with E-state index in [1.807, 2.05) is 25.1 Å². The molecule has 0 spiro atoms. The highest BCUT2D eigenvalue weighted by Gasteiger charge is 2.30. The number of aromatic nitrogens is 4. The first kappa shape index (κ1) is 26.2. The molecule has 2 aliphatic heterocycles. The lowest BCUT2D eigenvalue weighted by molar-refractivity contribution is -0.0595. The fourth-order valence-electron chi connectivity index (χ4n) is 5.52. The molecule has 2 fully saturated rings. The molecule has 2 unspecified atom stereocenters. The van der Waals surface area contributed by atoms with E-state index in [-0.39, 0.29) is 24.6 Å². The second-order valence-electron chi connectivity index (χ2n) is 10.6. The number of ether oxygens (including phenoxy) is 2. The van der Waals surface area contributed by atoms with Crippen molar-refractivity contribution in [3.63, 3.8) is 0 Å². The molecule has 0 N–H and O–H groups in total. The second kappa shape index (κ2) is 11.2. The van der Waals surface area contributed by atoms with Crippen LogP contribution in [0.25, 0.3) is 11.2 Å². The molecule has 3 aromatic heterocycles. The number of benzene rings is 1. The number of piperidine rings is 1. The van der Waals surface area contributed by atoms with Gasteiger partial charge < -0.3 is 14.0 Å². The molecular weight excluding hydrogens is 517 g/mol. The highest BCUT2D eigenvalue weighted by atomic mass is 35.5. The van der Waals surface area contributed by atoms with Crippen LogP contribution in [0.2, 0.25) is 5.02 Å². The monoisotopic (exact) mass is 549 g/mol. The fraction of sp³-hybridized carbons (Fsp3) is 0.433. The Kier molecular flexibility index (Phi) is 7.51. The summed E-state index contributed by atoms with van der Waals surface area (Å²) < 4.78 is 28.0. The predicted octanol–water partition coefficient (Wildman–Crippen LogP) is 6.24. The number of aryl methyl sites for hydroxylation is 1. The van der Waals surface area contributed by atoms with Crippen molar-refractivity contribution in [2.24, 2.45) is 0 Å². The van der Waals surface area contributed by atoms with Crippen molar-refractivity contribution >= 4 is 22.8 Å². The van der Waals surface area contributed by atoms with Gasteiger partial charge in [0.2, 0.25) is 5.88 Å². The summed E-state index contributed by atoms with van der Waals surface area (Å²) in [7, 11) is 0. The van der Waals surface area contributed by atoms with E-state index in [1.54, 1.807) is 12.1 Å². The Balaban J connectivity index is 1.12. The van der Waals surface area contributed by atoms with Gasteiger partial charge >= 0.3 is 0 Å². The average molecular weight is 550 g/mol. The van der Waals surface area contributed by atoms with Crippen molar-refractivity contribution < 1.29 is 13.9 Å². The Bertz CT molecular complexity index is 1470. The van der Waals surface area contributed by atoms with Gasteiger partial charge in [0.15, 0.2) is 5.65 Å². The Labute approximate surface area is 232 Å². The Morgan fingerprint density at radius 2 is 1.90 bits per heavy atom. The standard InChI is InChI=1S/C30H33ClFN5O2/c1-19-6-9-27-30(33-19)37(17-24-12-15-38-24)29(35-27)20(2)36-13-10-21(11-14-36)26-4-3-5-28(34-26)39-18-22-7-8-23(31)16-25(22)32/h3-9,16,20-21,24H,10-15,17-18H2,1-2H3. The van der Waals surface area contributed by atoms with E-state index in [0.717, 1.165) is 73.9 Å². The number of hydrogen-bond acceptors (Lipinski definition) is 6. The van der Waals surface area contributed by atoms with Gasteiger partial charge in [0.05, 0.1) is 18.7 Å². The van der Waals surface area contributed by atoms with Crippen molar-refractivity contribution in [1.82, 2.24) is 24.4 Å². The van der Waals surface area contributed by atoms with Crippen LogP contribution in [-0.4, -0.2) is 50.2 Å². The third-order valence-electron chi connectivity index (χ3n) is 7.95. The lowest BCUT2D eigenvalue weighted by Crippen LogP contribution is -2.37. The zero-order valence-electron chi connectivity index (χ0n) is 22.3. The lowest BCUT2D eigenvalue weighted by Gasteiger charge is -2.36. The molecule has 204 valence electrons. The molecule has 0 saturated carbocycles. The van der Waals surface area contributed by atoms with Crippen molar-refractivity contribution in [3.05, 3.63) is 82.1 Å². The fourth-order valence-corrected chi connectivity index (χ4v) is 5.68. The van der Waals surface area contributed by atoms with Crippen LogP contribution in [0.15, 0.2) is 48.5 Å². The number of imidazole rings is 1. The number of hydrogen-bond donors (Lipinski definition) is 0. The minimum absolute atomic E-state index is 0.108. The highest BCUT2D eigenvalue weighted by molar-refractivity contribution is 6.30. The minimum Gasteiger partial charge on any atom is -0.473 e. The van der Waals surface area contributed by atoms with Crippen LogP contribution < -0.4 is 4.74 Å². The Morgan fingerprint density at radius 3 is 2.64 bits per heavy atom. The second-order valence-corrected chi connectivity index (χ2v) is 11.0. The van der Waals surface area contributed by atoms with Crippen LogP contribution in [0.1, 0.15) is 60.9 Å². The lowest BCUT2D eigenvalue weighted by atomic mass is 9.92. The van der Waals surface area contributed by atoms with Crippen molar-refractivity contribution in [2.75, 3.05) is 19.7 Å². The molecule has 0 bridgehead atoms. The molecule has 2 saturated heterocycles. The maximum atomic E-state index is 14.1. The van der Waals surface area contributed by atoms with E-state index < -0.39 is 0 Å². The van der Waals surface area contributed by atoms with E-state index in [4.69, 9.17) is 36.0 Å². The summed E-state index contributed by atoms with van der Waals surface area (Å²) in [5.74, 6) is 1.53. The smallest absolute Gasteiger partial charge is 0.213 e. The molecule has 5 heterocycles. The Morgan fingerprint density at radius 1 is 1.08 bits per heavy atom. The van der Waals surface area contributed by atoms with Crippen LogP contribution in [0.3, 0.4) is 0 Å². The van der Waals surface area contributed by atoms with E-state index in [1.165, 1.54) is 6.07 Å². The molecule has 4 aromatic rings. The summed E-state index contributed by atoms with van der Waals surface area (Å²) in [6.45, 7) is 7.90. The first-order valence-electron chi connectivity index (χ1n) is 13.7. The number of nitrogens with zero attached hydrogens (tertiary/aromatic N) is 5. The van der Waals surface area contributed by atoms with Crippen LogP contribution in [0.5, 0.6) is 5.88 Å². The molecule has 7 nitrogen and oxygen atoms in total. The largest absolute Gasteiger partial charge is 0.473 e. The van der Waals surface area contributed by atoms with E-state index in [2.05, 4.69) is 28.5 Å². The first-order chi connectivity index (χ1) is 18.9. The summed E-state index contributed by atoms with van der Waals surface area (Å²) in [4.78, 5) is 17.1. The minimum atomic E-state index is -0.375. The number of pyridine rings is 2. The quantitative estimate of drug-likeness (QED) is 0.259. The third kappa shape index (κ3) is 5.64. The van der Waals surface area contributed by atoms with E-state index >= 15 is 0 Å². The molecule has 0 aliphatic carbocycles. The number of rotatable bonds is 8. The van der Waals surface area contributed by atoms with Gasteiger partial charge in [-0.2, -0.15) is 0 Å². The van der Waals surface area contributed by atoms with Gasteiger partial charge in [0, 0.05) is 40.6 Å². The first-order valence-corrected chi connectivity index (χ1v) is 14.1. The molecule has 9 heteroatoms. The van der Waals surface area contributed by atoms with Gasteiger partial charge in [0.25, 0.3) is 0 Å². The Hall–Kier alpha value is -3.07. The van der Waals surface area contributed by atoms with Gasteiger partial charge in [-0.25, -0.2) is 19.3 Å². The number of halogens is 2.